The number of aromatic nitrogens is 1. The second-order valence-electron chi connectivity index (χ2n) is 11.2. The van der Waals surface area contributed by atoms with Crippen LogP contribution in [0.3, 0.4) is 0 Å². The van der Waals surface area contributed by atoms with E-state index in [0.29, 0.717) is 37.0 Å². The smallest absolute Gasteiger partial charge is 0.243 e. The minimum Gasteiger partial charge on any atom is -0.345 e. The van der Waals surface area contributed by atoms with Gasteiger partial charge in [-0.1, -0.05) is 83.5 Å². The molecule has 0 unspecified atom stereocenters. The molecule has 5 nitrogen and oxygen atoms in total. The van der Waals surface area contributed by atoms with Gasteiger partial charge in [0.25, 0.3) is 0 Å². The summed E-state index contributed by atoms with van der Waals surface area (Å²) in [5, 5.41) is 3.10. The van der Waals surface area contributed by atoms with E-state index in [1.165, 1.54) is 16.7 Å². The molecular weight excluding hydrogens is 498 g/mol. The third kappa shape index (κ3) is 6.10. The summed E-state index contributed by atoms with van der Waals surface area (Å²) in [6.45, 7) is 17.0. The number of sulfonamides is 1. The maximum atomic E-state index is 14.1. The van der Waals surface area contributed by atoms with Crippen LogP contribution in [0.25, 0.3) is 0 Å². The molecule has 200 valence electrons. The van der Waals surface area contributed by atoms with Crippen LogP contribution in [0, 0.1) is 6.92 Å². The molecule has 0 spiro atoms. The fraction of sp³-hybridized carbons (Fsp3) is 0.500. The van der Waals surface area contributed by atoms with Crippen LogP contribution >= 0.6 is 11.3 Å². The first kappa shape index (κ1) is 27.8. The minimum absolute atomic E-state index is 0.129. The molecular formula is C30H41N3O2S2. The zero-order valence-corrected chi connectivity index (χ0v) is 24.9. The Morgan fingerprint density at radius 2 is 1.43 bits per heavy atom. The Labute approximate surface area is 227 Å². The van der Waals surface area contributed by atoms with Gasteiger partial charge in [0.15, 0.2) is 5.13 Å². The predicted octanol–water partition coefficient (Wildman–Crippen LogP) is 6.92. The molecule has 0 radical (unpaired) electrons. The number of piperazine rings is 1. The van der Waals surface area contributed by atoms with E-state index in [2.05, 4.69) is 95.1 Å². The second-order valence-corrected chi connectivity index (χ2v) is 13.9. The third-order valence-electron chi connectivity index (χ3n) is 7.23. The van der Waals surface area contributed by atoms with Crippen molar-refractivity contribution in [3.05, 3.63) is 75.3 Å². The molecule has 3 aromatic rings. The van der Waals surface area contributed by atoms with Gasteiger partial charge < -0.3 is 4.90 Å². The minimum atomic E-state index is -3.61. The Hall–Kier alpha value is -2.22. The molecule has 37 heavy (non-hydrogen) atoms. The van der Waals surface area contributed by atoms with Crippen molar-refractivity contribution in [3.8, 4) is 0 Å². The third-order valence-corrected chi connectivity index (χ3v) is 10.2. The molecule has 1 aliphatic rings. The number of hydrogen-bond donors (Lipinski definition) is 0. The van der Waals surface area contributed by atoms with Gasteiger partial charge in [-0.25, -0.2) is 13.4 Å². The fourth-order valence-corrected chi connectivity index (χ4v) is 7.84. The van der Waals surface area contributed by atoms with Gasteiger partial charge >= 0.3 is 0 Å². The van der Waals surface area contributed by atoms with Crippen LogP contribution in [0.5, 0.6) is 0 Å². The van der Waals surface area contributed by atoms with Crippen molar-refractivity contribution in [2.24, 2.45) is 0 Å². The summed E-state index contributed by atoms with van der Waals surface area (Å²) in [5.74, 6) is 0.610. The highest BCUT2D eigenvalue weighted by Gasteiger charge is 2.34. The van der Waals surface area contributed by atoms with E-state index in [9.17, 15) is 8.42 Å². The van der Waals surface area contributed by atoms with Gasteiger partial charge in [0.2, 0.25) is 10.0 Å². The molecule has 2 heterocycles. The summed E-state index contributed by atoms with van der Waals surface area (Å²) < 4.78 is 29.9. The molecule has 0 aliphatic carbocycles. The summed E-state index contributed by atoms with van der Waals surface area (Å²) in [6, 6.07) is 12.8. The van der Waals surface area contributed by atoms with Gasteiger partial charge in [-0.05, 0) is 46.9 Å². The van der Waals surface area contributed by atoms with Crippen LogP contribution in [0.15, 0.2) is 46.7 Å². The van der Waals surface area contributed by atoms with E-state index in [1.54, 1.807) is 15.6 Å². The maximum absolute atomic E-state index is 14.1. The van der Waals surface area contributed by atoms with Crippen molar-refractivity contribution in [1.29, 1.82) is 0 Å². The quantitative estimate of drug-likeness (QED) is 0.312. The summed E-state index contributed by atoms with van der Waals surface area (Å²) in [5.41, 5.74) is 6.67. The molecule has 7 heteroatoms. The molecule has 0 bridgehead atoms. The molecule has 1 fully saturated rings. The lowest BCUT2D eigenvalue weighted by Gasteiger charge is -2.35. The molecule has 0 amide bonds. The fourth-order valence-electron chi connectivity index (χ4n) is 4.87. The largest absolute Gasteiger partial charge is 0.345 e. The number of benzene rings is 2. The summed E-state index contributed by atoms with van der Waals surface area (Å²) >= 11 is 1.65. The standard InChI is InChI=1S/C30H41N3O2S2/c1-20(2)25-17-27(21(3)4)29(28(18-25)22(5)6)37(34,35)33-14-12-32(13-15-33)30-31-26(19-36-30)16-24-10-8-23(7)9-11-24/h8-11,17-22H,12-16H2,1-7H3. The SMILES string of the molecule is Cc1ccc(Cc2csc(N3CCN(S(=O)(=O)c4c(C(C)C)cc(C(C)C)cc4C(C)C)CC3)n2)cc1. The van der Waals surface area contributed by atoms with Crippen LogP contribution in [-0.4, -0.2) is 43.9 Å². The number of hydrogen-bond acceptors (Lipinski definition) is 5. The molecule has 1 saturated heterocycles. The van der Waals surface area contributed by atoms with Crippen LogP contribution in [0.4, 0.5) is 5.13 Å². The second kappa shape index (κ2) is 11.3. The Balaban J connectivity index is 1.53. The molecule has 2 aromatic carbocycles. The number of nitrogens with zero attached hydrogens (tertiary/aromatic N) is 3. The van der Waals surface area contributed by atoms with Gasteiger partial charge in [-0.3, -0.25) is 0 Å². The highest BCUT2D eigenvalue weighted by Crippen LogP contribution is 2.37. The van der Waals surface area contributed by atoms with Crippen LogP contribution in [0.2, 0.25) is 0 Å². The first-order valence-electron chi connectivity index (χ1n) is 13.4. The lowest BCUT2D eigenvalue weighted by Crippen LogP contribution is -2.49. The normalized spacial score (nSPS) is 15.4. The molecule has 1 aliphatic heterocycles. The van der Waals surface area contributed by atoms with Gasteiger partial charge in [-0.2, -0.15) is 4.31 Å². The van der Waals surface area contributed by atoms with E-state index in [4.69, 9.17) is 4.98 Å². The number of rotatable bonds is 8. The molecule has 4 rings (SSSR count). The topological polar surface area (TPSA) is 53.5 Å². The number of thiazole rings is 1. The van der Waals surface area contributed by atoms with Crippen molar-refractivity contribution < 1.29 is 8.42 Å². The monoisotopic (exact) mass is 539 g/mol. The zero-order chi connectivity index (χ0) is 26.9. The van der Waals surface area contributed by atoms with Gasteiger partial charge in [0.1, 0.15) is 0 Å². The highest BCUT2D eigenvalue weighted by molar-refractivity contribution is 7.89. The van der Waals surface area contributed by atoms with Gasteiger partial charge in [0.05, 0.1) is 10.6 Å². The average Bonchev–Trinajstić information content (AvgIpc) is 3.33. The number of anilines is 1. The Bertz CT molecular complexity index is 1290. The molecule has 1 aromatic heterocycles. The summed E-state index contributed by atoms with van der Waals surface area (Å²) in [7, 11) is -3.61. The van der Waals surface area contributed by atoms with Crippen molar-refractivity contribution in [2.45, 2.75) is 77.5 Å². The van der Waals surface area contributed by atoms with Gasteiger partial charge in [-0.15, -0.1) is 11.3 Å². The molecule has 0 saturated carbocycles. The van der Waals surface area contributed by atoms with Crippen molar-refractivity contribution in [3.63, 3.8) is 0 Å². The van der Waals surface area contributed by atoms with Crippen LogP contribution in [-0.2, 0) is 16.4 Å². The van der Waals surface area contributed by atoms with Crippen molar-refractivity contribution >= 4 is 26.5 Å². The Kier molecular flexibility index (Phi) is 8.46. The molecule has 0 N–H and O–H groups in total. The van der Waals surface area contributed by atoms with Crippen molar-refractivity contribution in [1.82, 2.24) is 9.29 Å². The lowest BCUT2D eigenvalue weighted by molar-refractivity contribution is 0.383. The number of aryl methyl sites for hydroxylation is 1. The van der Waals surface area contributed by atoms with Crippen LogP contribution in [0.1, 0.15) is 92.8 Å². The Morgan fingerprint density at radius 1 is 0.865 bits per heavy atom. The van der Waals surface area contributed by atoms with E-state index in [-0.39, 0.29) is 11.8 Å². The van der Waals surface area contributed by atoms with E-state index < -0.39 is 10.0 Å². The highest BCUT2D eigenvalue weighted by atomic mass is 32.2. The molecule has 0 atom stereocenters. The lowest BCUT2D eigenvalue weighted by atomic mass is 9.89. The predicted molar refractivity (Wildman–Crippen MR) is 156 cm³/mol. The zero-order valence-electron chi connectivity index (χ0n) is 23.3. The van der Waals surface area contributed by atoms with E-state index >= 15 is 0 Å². The maximum Gasteiger partial charge on any atom is 0.243 e. The van der Waals surface area contributed by atoms with Crippen molar-refractivity contribution in [2.75, 3.05) is 31.1 Å². The van der Waals surface area contributed by atoms with E-state index in [1.807, 2.05) is 0 Å². The first-order chi connectivity index (χ1) is 17.5. The summed E-state index contributed by atoms with van der Waals surface area (Å²) in [6.07, 6.45) is 0.813. The average molecular weight is 540 g/mol. The first-order valence-corrected chi connectivity index (χ1v) is 15.7. The van der Waals surface area contributed by atoms with Gasteiger partial charge in [0, 0.05) is 38.0 Å². The van der Waals surface area contributed by atoms with E-state index in [0.717, 1.165) is 28.4 Å². The van der Waals surface area contributed by atoms with Crippen LogP contribution < -0.4 is 4.90 Å². The summed E-state index contributed by atoms with van der Waals surface area (Å²) in [4.78, 5) is 7.63. The Morgan fingerprint density at radius 3 is 1.95 bits per heavy atom.